The molecule has 1 aliphatic carbocycles. The first-order chi connectivity index (χ1) is 9.21. The predicted octanol–water partition coefficient (Wildman–Crippen LogP) is 2.27. The molecule has 0 atom stereocenters. The molecule has 19 heavy (non-hydrogen) atoms. The van der Waals surface area contributed by atoms with E-state index in [4.69, 9.17) is 9.47 Å². The first kappa shape index (κ1) is 13.8. The zero-order valence-corrected chi connectivity index (χ0v) is 11.8. The summed E-state index contributed by atoms with van der Waals surface area (Å²) >= 11 is 0. The van der Waals surface area contributed by atoms with E-state index >= 15 is 0 Å². The molecule has 6 heteroatoms. The van der Waals surface area contributed by atoms with Crippen LogP contribution in [0.5, 0.6) is 12.0 Å². The van der Waals surface area contributed by atoms with Crippen LogP contribution in [0.1, 0.15) is 39.5 Å². The number of hydrogen-bond donors (Lipinski definition) is 1. The fourth-order valence-corrected chi connectivity index (χ4v) is 2.19. The normalized spacial score (nSPS) is 22.9. The third-order valence-electron chi connectivity index (χ3n) is 3.33. The first-order valence-electron chi connectivity index (χ1n) is 6.94. The van der Waals surface area contributed by atoms with Gasteiger partial charge in [0.2, 0.25) is 5.95 Å². The Labute approximate surface area is 114 Å². The molecule has 1 aliphatic rings. The second kappa shape index (κ2) is 6.54. The second-order valence-corrected chi connectivity index (χ2v) is 4.91. The third-order valence-corrected chi connectivity index (χ3v) is 3.33. The van der Waals surface area contributed by atoms with Crippen LogP contribution in [-0.2, 0) is 0 Å². The fraction of sp³-hybridized carbons (Fsp3) is 0.769. The highest BCUT2D eigenvalue weighted by Gasteiger charge is 2.21. The summed E-state index contributed by atoms with van der Waals surface area (Å²) in [5, 5.41) is 2.89. The highest BCUT2D eigenvalue weighted by atomic mass is 16.5. The molecular weight excluding hydrogens is 244 g/mol. The van der Waals surface area contributed by atoms with Crippen molar-refractivity contribution in [2.75, 3.05) is 19.0 Å². The molecular formula is C13H22N4O2. The zero-order chi connectivity index (χ0) is 13.7. The van der Waals surface area contributed by atoms with Crippen LogP contribution in [0.4, 0.5) is 5.95 Å². The Morgan fingerprint density at radius 1 is 1.11 bits per heavy atom. The monoisotopic (exact) mass is 266 g/mol. The summed E-state index contributed by atoms with van der Waals surface area (Å²) in [4.78, 5) is 12.5. The number of anilines is 1. The lowest BCUT2D eigenvalue weighted by Gasteiger charge is -2.25. The summed E-state index contributed by atoms with van der Waals surface area (Å²) in [6.07, 6.45) is 4.73. The van der Waals surface area contributed by atoms with E-state index in [2.05, 4.69) is 27.2 Å². The summed E-state index contributed by atoms with van der Waals surface area (Å²) in [6.45, 7) is 4.70. The fourth-order valence-electron chi connectivity index (χ4n) is 2.19. The summed E-state index contributed by atoms with van der Waals surface area (Å²) in [6, 6.07) is 0.656. The number of hydrogen-bond acceptors (Lipinski definition) is 6. The smallest absolute Gasteiger partial charge is 0.324 e. The highest BCUT2D eigenvalue weighted by molar-refractivity contribution is 5.26. The topological polar surface area (TPSA) is 69.2 Å². The van der Waals surface area contributed by atoms with Crippen LogP contribution in [0.3, 0.4) is 0 Å². The number of aromatic nitrogens is 3. The number of nitrogens with one attached hydrogen (secondary N) is 1. The van der Waals surface area contributed by atoms with Crippen LogP contribution in [0.25, 0.3) is 0 Å². The van der Waals surface area contributed by atoms with Crippen molar-refractivity contribution in [3.63, 3.8) is 0 Å². The zero-order valence-electron chi connectivity index (χ0n) is 11.8. The van der Waals surface area contributed by atoms with Gasteiger partial charge in [0.05, 0.1) is 6.61 Å². The molecule has 0 radical (unpaired) electrons. The molecule has 6 nitrogen and oxygen atoms in total. The molecule has 1 aromatic heterocycles. The Balaban J connectivity index is 2.04. The largest absolute Gasteiger partial charge is 0.464 e. The maximum absolute atomic E-state index is 5.85. The number of rotatable bonds is 5. The van der Waals surface area contributed by atoms with Crippen LogP contribution in [0.15, 0.2) is 0 Å². The van der Waals surface area contributed by atoms with Gasteiger partial charge >= 0.3 is 12.0 Å². The summed E-state index contributed by atoms with van der Waals surface area (Å²) < 4.78 is 11.2. The second-order valence-electron chi connectivity index (χ2n) is 4.91. The Kier molecular flexibility index (Phi) is 4.76. The molecule has 1 fully saturated rings. The molecule has 1 heterocycles. The quantitative estimate of drug-likeness (QED) is 0.881. The molecule has 0 amide bonds. The van der Waals surface area contributed by atoms with E-state index in [9.17, 15) is 0 Å². The van der Waals surface area contributed by atoms with Gasteiger partial charge in [0.25, 0.3) is 0 Å². The van der Waals surface area contributed by atoms with Crippen LogP contribution in [0.2, 0.25) is 0 Å². The molecule has 2 rings (SSSR count). The van der Waals surface area contributed by atoms with E-state index in [1.54, 1.807) is 7.05 Å². The molecule has 0 saturated heterocycles. The van der Waals surface area contributed by atoms with Crippen molar-refractivity contribution >= 4 is 5.95 Å². The van der Waals surface area contributed by atoms with Crippen molar-refractivity contribution in [1.82, 2.24) is 15.0 Å². The van der Waals surface area contributed by atoms with Gasteiger partial charge in [-0.15, -0.1) is 4.98 Å². The Morgan fingerprint density at radius 2 is 1.79 bits per heavy atom. The van der Waals surface area contributed by atoms with Gasteiger partial charge in [-0.1, -0.05) is 6.92 Å². The Bertz CT molecular complexity index is 406. The third kappa shape index (κ3) is 3.94. The van der Waals surface area contributed by atoms with E-state index in [-0.39, 0.29) is 6.10 Å². The Morgan fingerprint density at radius 3 is 2.42 bits per heavy atom. The molecule has 1 saturated carbocycles. The first-order valence-corrected chi connectivity index (χ1v) is 6.94. The van der Waals surface area contributed by atoms with Gasteiger partial charge in [-0.2, -0.15) is 9.97 Å². The van der Waals surface area contributed by atoms with E-state index in [0.717, 1.165) is 18.8 Å². The van der Waals surface area contributed by atoms with Crippen molar-refractivity contribution in [3.8, 4) is 12.0 Å². The molecule has 0 spiro atoms. The minimum Gasteiger partial charge on any atom is -0.464 e. The maximum Gasteiger partial charge on any atom is 0.324 e. The minimum absolute atomic E-state index is 0.206. The van der Waals surface area contributed by atoms with Gasteiger partial charge < -0.3 is 14.8 Å². The molecule has 0 unspecified atom stereocenters. The predicted molar refractivity (Wildman–Crippen MR) is 72.6 cm³/mol. The van der Waals surface area contributed by atoms with Crippen molar-refractivity contribution in [2.24, 2.45) is 5.92 Å². The Hall–Kier alpha value is -1.59. The molecule has 0 aromatic carbocycles. The van der Waals surface area contributed by atoms with E-state index in [1.165, 1.54) is 12.8 Å². The van der Waals surface area contributed by atoms with Crippen LogP contribution < -0.4 is 14.8 Å². The van der Waals surface area contributed by atoms with E-state index in [0.29, 0.717) is 24.6 Å². The summed E-state index contributed by atoms with van der Waals surface area (Å²) in [7, 11) is 1.76. The van der Waals surface area contributed by atoms with Gasteiger partial charge in [0, 0.05) is 7.05 Å². The molecule has 106 valence electrons. The van der Waals surface area contributed by atoms with Gasteiger partial charge in [-0.25, -0.2) is 0 Å². The highest BCUT2D eigenvalue weighted by Crippen LogP contribution is 2.26. The van der Waals surface area contributed by atoms with Crippen LogP contribution in [0, 0.1) is 5.92 Å². The maximum atomic E-state index is 5.85. The van der Waals surface area contributed by atoms with Crippen molar-refractivity contribution in [3.05, 3.63) is 0 Å². The molecule has 1 aromatic rings. The average Bonchev–Trinajstić information content (AvgIpc) is 2.41. The van der Waals surface area contributed by atoms with Crippen LogP contribution in [-0.4, -0.2) is 34.7 Å². The van der Waals surface area contributed by atoms with Gasteiger partial charge in [0.15, 0.2) is 0 Å². The van der Waals surface area contributed by atoms with E-state index in [1.807, 2.05) is 6.92 Å². The van der Waals surface area contributed by atoms with Crippen molar-refractivity contribution in [2.45, 2.75) is 45.6 Å². The molecule has 0 bridgehead atoms. The summed E-state index contributed by atoms with van der Waals surface area (Å²) in [5.74, 6) is 1.27. The molecule has 0 aliphatic heterocycles. The van der Waals surface area contributed by atoms with Gasteiger partial charge in [-0.05, 0) is 38.5 Å². The van der Waals surface area contributed by atoms with Gasteiger partial charge in [-0.3, -0.25) is 0 Å². The van der Waals surface area contributed by atoms with Crippen molar-refractivity contribution < 1.29 is 9.47 Å². The number of nitrogens with zero attached hydrogens (tertiary/aromatic N) is 3. The summed E-state index contributed by atoms with van der Waals surface area (Å²) in [5.41, 5.74) is 0. The lowest BCUT2D eigenvalue weighted by molar-refractivity contribution is 0.122. The standard InChI is InChI=1S/C13H22N4O2/c1-4-18-12-15-11(14-3)16-13(17-12)19-10-7-5-9(2)6-8-10/h9-10H,4-8H2,1-3H3,(H,14,15,16,17). The van der Waals surface area contributed by atoms with Crippen molar-refractivity contribution in [1.29, 1.82) is 0 Å². The average molecular weight is 266 g/mol. The molecule has 1 N–H and O–H groups in total. The lowest BCUT2D eigenvalue weighted by atomic mass is 9.89. The van der Waals surface area contributed by atoms with E-state index < -0.39 is 0 Å². The minimum atomic E-state index is 0.206. The van der Waals surface area contributed by atoms with Crippen LogP contribution >= 0.6 is 0 Å². The number of ether oxygens (including phenoxy) is 2. The van der Waals surface area contributed by atoms with Gasteiger partial charge in [0.1, 0.15) is 6.10 Å². The SMILES string of the molecule is CCOc1nc(NC)nc(OC2CCC(C)CC2)n1. The lowest BCUT2D eigenvalue weighted by Crippen LogP contribution is -2.24.